The smallest absolute Gasteiger partial charge is 0.315 e. The number of amides is 2. The van der Waals surface area contributed by atoms with Crippen molar-refractivity contribution in [1.29, 1.82) is 0 Å². The topological polar surface area (TPSA) is 69.7 Å². The number of carbonyl (C=O) groups excluding carboxylic acids is 1. The second kappa shape index (κ2) is 9.36. The van der Waals surface area contributed by atoms with Crippen LogP contribution in [-0.4, -0.2) is 56.3 Å². The van der Waals surface area contributed by atoms with E-state index in [2.05, 4.69) is 32.5 Å². The second-order valence-corrected chi connectivity index (χ2v) is 6.78. The molecule has 8 heteroatoms. The molecular weight excluding hydrogens is 361 g/mol. The van der Waals surface area contributed by atoms with Crippen LogP contribution in [0.2, 0.25) is 0 Å². The number of urea groups is 1. The van der Waals surface area contributed by atoms with Gasteiger partial charge >= 0.3 is 6.03 Å². The SMILES string of the molecule is COc1ccc(CNC(=O)NCc2cccnc2N2CCN(C)CC2)cc1F. The maximum Gasteiger partial charge on any atom is 0.315 e. The largest absolute Gasteiger partial charge is 0.494 e. The number of aromatic nitrogens is 1. The standard InChI is InChI=1S/C20H26FN5O2/c1-25-8-10-26(11-9-25)19-16(4-3-7-22-19)14-24-20(27)23-13-15-5-6-18(28-2)17(21)12-15/h3-7,12H,8-11,13-14H2,1-2H3,(H2,23,24,27). The van der Waals surface area contributed by atoms with E-state index in [0.717, 1.165) is 37.6 Å². The zero-order valence-corrected chi connectivity index (χ0v) is 16.2. The third-order valence-corrected chi connectivity index (χ3v) is 4.78. The van der Waals surface area contributed by atoms with Crippen molar-refractivity contribution in [3.8, 4) is 5.75 Å². The van der Waals surface area contributed by atoms with Crippen LogP contribution in [0.15, 0.2) is 36.5 Å². The Morgan fingerprint density at radius 1 is 1.18 bits per heavy atom. The molecule has 2 aromatic rings. The Balaban J connectivity index is 1.53. The van der Waals surface area contributed by atoms with Crippen LogP contribution in [0, 0.1) is 5.82 Å². The van der Waals surface area contributed by atoms with Gasteiger partial charge in [-0.2, -0.15) is 0 Å². The van der Waals surface area contributed by atoms with Crippen LogP contribution in [0.4, 0.5) is 15.0 Å². The Kier molecular flexibility index (Phi) is 6.65. The molecule has 150 valence electrons. The van der Waals surface area contributed by atoms with E-state index < -0.39 is 5.82 Å². The van der Waals surface area contributed by atoms with E-state index in [1.165, 1.54) is 13.2 Å². The number of halogens is 1. The summed E-state index contributed by atoms with van der Waals surface area (Å²) in [5.74, 6) is 0.642. The molecule has 28 heavy (non-hydrogen) atoms. The number of benzene rings is 1. The van der Waals surface area contributed by atoms with Gasteiger partial charge in [-0.05, 0) is 30.8 Å². The van der Waals surface area contributed by atoms with Crippen LogP contribution < -0.4 is 20.3 Å². The van der Waals surface area contributed by atoms with E-state index in [0.29, 0.717) is 12.1 Å². The number of hydrogen-bond acceptors (Lipinski definition) is 5. The zero-order chi connectivity index (χ0) is 19.9. The molecule has 1 aliphatic heterocycles. The van der Waals surface area contributed by atoms with E-state index in [9.17, 15) is 9.18 Å². The molecule has 1 saturated heterocycles. The van der Waals surface area contributed by atoms with Gasteiger partial charge in [-0.1, -0.05) is 12.1 Å². The van der Waals surface area contributed by atoms with Crippen molar-refractivity contribution in [2.45, 2.75) is 13.1 Å². The molecule has 2 amide bonds. The third kappa shape index (κ3) is 5.10. The van der Waals surface area contributed by atoms with Crippen molar-refractivity contribution >= 4 is 11.8 Å². The highest BCUT2D eigenvalue weighted by Crippen LogP contribution is 2.19. The predicted octanol–water partition coefficient (Wildman–Crippen LogP) is 1.98. The minimum atomic E-state index is -0.450. The summed E-state index contributed by atoms with van der Waals surface area (Å²) in [6.45, 7) is 4.40. The molecule has 0 aliphatic carbocycles. The van der Waals surface area contributed by atoms with Gasteiger partial charge in [-0.25, -0.2) is 14.2 Å². The van der Waals surface area contributed by atoms with Crippen LogP contribution >= 0.6 is 0 Å². The number of nitrogens with one attached hydrogen (secondary N) is 2. The molecular formula is C20H26FN5O2. The molecule has 0 bridgehead atoms. The number of rotatable bonds is 6. The fourth-order valence-corrected chi connectivity index (χ4v) is 3.11. The van der Waals surface area contributed by atoms with E-state index >= 15 is 0 Å². The molecule has 1 fully saturated rings. The van der Waals surface area contributed by atoms with Gasteiger partial charge in [-0.15, -0.1) is 0 Å². The molecule has 1 aliphatic rings. The van der Waals surface area contributed by atoms with Gasteiger partial charge in [0.25, 0.3) is 0 Å². The molecule has 3 rings (SSSR count). The van der Waals surface area contributed by atoms with Crippen molar-refractivity contribution in [3.63, 3.8) is 0 Å². The zero-order valence-electron chi connectivity index (χ0n) is 16.2. The minimum absolute atomic E-state index is 0.182. The lowest BCUT2D eigenvalue weighted by atomic mass is 10.2. The van der Waals surface area contributed by atoms with Gasteiger partial charge in [0.2, 0.25) is 0 Å². The van der Waals surface area contributed by atoms with Crippen LogP contribution in [0.3, 0.4) is 0 Å². The normalized spacial score (nSPS) is 14.6. The molecule has 0 atom stereocenters. The van der Waals surface area contributed by atoms with E-state index in [1.807, 2.05) is 12.1 Å². The Labute approximate surface area is 164 Å². The van der Waals surface area contributed by atoms with Gasteiger partial charge in [0.05, 0.1) is 7.11 Å². The summed E-state index contributed by atoms with van der Waals surface area (Å²) in [5.41, 5.74) is 1.63. The summed E-state index contributed by atoms with van der Waals surface area (Å²) in [5, 5.41) is 5.59. The first-order valence-corrected chi connectivity index (χ1v) is 9.28. The maximum absolute atomic E-state index is 13.7. The number of methoxy groups -OCH3 is 1. The summed E-state index contributed by atoms with van der Waals surface area (Å²) in [7, 11) is 3.52. The summed E-state index contributed by atoms with van der Waals surface area (Å²) < 4.78 is 18.6. The first kappa shape index (κ1) is 19.9. The van der Waals surface area contributed by atoms with Crippen LogP contribution in [0.25, 0.3) is 0 Å². The van der Waals surface area contributed by atoms with Gasteiger partial charge < -0.3 is 25.2 Å². The Morgan fingerprint density at radius 2 is 1.93 bits per heavy atom. The molecule has 0 radical (unpaired) electrons. The number of hydrogen-bond donors (Lipinski definition) is 2. The second-order valence-electron chi connectivity index (χ2n) is 6.78. The molecule has 0 saturated carbocycles. The van der Waals surface area contributed by atoms with Crippen molar-refractivity contribution in [2.75, 3.05) is 45.2 Å². The quantitative estimate of drug-likeness (QED) is 0.793. The first-order chi connectivity index (χ1) is 13.6. The van der Waals surface area contributed by atoms with Crippen molar-refractivity contribution < 1.29 is 13.9 Å². The van der Waals surface area contributed by atoms with E-state index in [4.69, 9.17) is 4.74 Å². The Bertz CT molecular complexity index is 809. The average molecular weight is 387 g/mol. The third-order valence-electron chi connectivity index (χ3n) is 4.78. The number of pyridine rings is 1. The van der Waals surface area contributed by atoms with Crippen LogP contribution in [-0.2, 0) is 13.1 Å². The monoisotopic (exact) mass is 387 g/mol. The van der Waals surface area contributed by atoms with Crippen LogP contribution in [0.1, 0.15) is 11.1 Å². The number of likely N-dealkylation sites (N-methyl/N-ethyl adjacent to an activating group) is 1. The molecule has 1 aromatic heterocycles. The summed E-state index contributed by atoms with van der Waals surface area (Å²) in [6, 6.07) is 8.14. The first-order valence-electron chi connectivity index (χ1n) is 9.28. The lowest BCUT2D eigenvalue weighted by molar-refractivity contribution is 0.240. The number of carbonyl (C=O) groups is 1. The number of ether oxygens (including phenoxy) is 1. The van der Waals surface area contributed by atoms with Crippen LogP contribution in [0.5, 0.6) is 5.75 Å². The number of piperazine rings is 1. The Morgan fingerprint density at radius 3 is 2.64 bits per heavy atom. The van der Waals surface area contributed by atoms with Crippen molar-refractivity contribution in [1.82, 2.24) is 20.5 Å². The molecule has 2 heterocycles. The van der Waals surface area contributed by atoms with Gasteiger partial charge in [-0.3, -0.25) is 0 Å². The van der Waals surface area contributed by atoms with Crippen molar-refractivity contribution in [3.05, 3.63) is 53.5 Å². The Hall–Kier alpha value is -2.87. The summed E-state index contributed by atoms with van der Waals surface area (Å²) in [4.78, 5) is 21.2. The fraction of sp³-hybridized carbons (Fsp3) is 0.400. The highest BCUT2D eigenvalue weighted by molar-refractivity contribution is 5.74. The van der Waals surface area contributed by atoms with Gasteiger partial charge in [0.1, 0.15) is 5.82 Å². The molecule has 2 N–H and O–H groups in total. The fourth-order valence-electron chi connectivity index (χ4n) is 3.11. The predicted molar refractivity (Wildman–Crippen MR) is 106 cm³/mol. The van der Waals surface area contributed by atoms with Gasteiger partial charge in [0, 0.05) is 51.0 Å². The lowest BCUT2D eigenvalue weighted by Gasteiger charge is -2.34. The maximum atomic E-state index is 13.7. The highest BCUT2D eigenvalue weighted by atomic mass is 19.1. The number of anilines is 1. The molecule has 0 spiro atoms. The summed E-state index contributed by atoms with van der Waals surface area (Å²) in [6.07, 6.45) is 1.77. The lowest BCUT2D eigenvalue weighted by Crippen LogP contribution is -2.45. The van der Waals surface area contributed by atoms with E-state index in [1.54, 1.807) is 18.3 Å². The van der Waals surface area contributed by atoms with E-state index in [-0.39, 0.29) is 18.3 Å². The minimum Gasteiger partial charge on any atom is -0.494 e. The molecule has 7 nitrogen and oxygen atoms in total. The molecule has 0 unspecified atom stereocenters. The summed E-state index contributed by atoms with van der Waals surface area (Å²) >= 11 is 0. The van der Waals surface area contributed by atoms with Gasteiger partial charge in [0.15, 0.2) is 11.6 Å². The highest BCUT2D eigenvalue weighted by Gasteiger charge is 2.18. The average Bonchev–Trinajstić information content (AvgIpc) is 2.71. The van der Waals surface area contributed by atoms with Crippen molar-refractivity contribution in [2.24, 2.45) is 0 Å². The number of nitrogens with zero attached hydrogens (tertiary/aromatic N) is 3. The molecule has 1 aromatic carbocycles.